The normalized spacial score (nSPS) is 14.4. The molecular weight excluding hydrogens is 358 g/mol. The van der Waals surface area contributed by atoms with Crippen molar-refractivity contribution in [1.29, 1.82) is 0 Å². The summed E-state index contributed by atoms with van der Waals surface area (Å²) in [6.45, 7) is 3.13. The van der Waals surface area contributed by atoms with Gasteiger partial charge in [0.1, 0.15) is 10.8 Å². The highest BCUT2D eigenvalue weighted by molar-refractivity contribution is 7.13. The fourth-order valence-corrected chi connectivity index (χ4v) is 3.98. The standard InChI is InChI=1S/C20H21N5OS/c26-19(25-13-11-24(12-14-25)18-6-2-4-10-22-18)8-7-16-15-27-20(23-16)17-5-1-3-9-21-17/h1-6,9-10,15H,7-8,11-14H2. The summed E-state index contributed by atoms with van der Waals surface area (Å²) in [6.07, 6.45) is 4.74. The molecule has 0 aliphatic carbocycles. The van der Waals surface area contributed by atoms with E-state index in [1.807, 2.05) is 46.7 Å². The number of carbonyl (C=O) groups excluding carboxylic acids is 1. The lowest BCUT2D eigenvalue weighted by molar-refractivity contribution is -0.131. The predicted octanol–water partition coefficient (Wildman–Crippen LogP) is 2.88. The molecule has 1 saturated heterocycles. The summed E-state index contributed by atoms with van der Waals surface area (Å²) >= 11 is 1.58. The van der Waals surface area contributed by atoms with Gasteiger partial charge in [-0.05, 0) is 30.7 Å². The maximum atomic E-state index is 12.5. The van der Waals surface area contributed by atoms with E-state index in [1.54, 1.807) is 23.7 Å². The number of anilines is 1. The highest BCUT2D eigenvalue weighted by atomic mass is 32.1. The van der Waals surface area contributed by atoms with Gasteiger partial charge in [-0.1, -0.05) is 12.1 Å². The Morgan fingerprint density at radius 1 is 1.00 bits per heavy atom. The number of thiazole rings is 1. The molecule has 0 saturated carbocycles. The maximum Gasteiger partial charge on any atom is 0.223 e. The number of hydrogen-bond donors (Lipinski definition) is 0. The zero-order valence-corrected chi connectivity index (χ0v) is 15.8. The van der Waals surface area contributed by atoms with Crippen molar-refractivity contribution in [2.75, 3.05) is 31.1 Å². The molecule has 4 heterocycles. The molecule has 0 N–H and O–H groups in total. The van der Waals surface area contributed by atoms with Crippen LogP contribution in [-0.4, -0.2) is 51.9 Å². The van der Waals surface area contributed by atoms with Crippen molar-refractivity contribution in [3.05, 3.63) is 59.9 Å². The second-order valence-electron chi connectivity index (χ2n) is 6.41. The highest BCUT2D eigenvalue weighted by Gasteiger charge is 2.21. The monoisotopic (exact) mass is 379 g/mol. The largest absolute Gasteiger partial charge is 0.353 e. The van der Waals surface area contributed by atoms with Gasteiger partial charge in [0, 0.05) is 50.4 Å². The van der Waals surface area contributed by atoms with Gasteiger partial charge < -0.3 is 9.80 Å². The lowest BCUT2D eigenvalue weighted by atomic mass is 10.2. The number of aryl methyl sites for hydroxylation is 1. The first-order valence-electron chi connectivity index (χ1n) is 9.09. The summed E-state index contributed by atoms with van der Waals surface area (Å²) in [5.74, 6) is 1.18. The third-order valence-corrected chi connectivity index (χ3v) is 5.55. The van der Waals surface area contributed by atoms with E-state index in [4.69, 9.17) is 0 Å². The number of amides is 1. The molecule has 138 valence electrons. The van der Waals surface area contributed by atoms with Crippen LogP contribution in [-0.2, 0) is 11.2 Å². The van der Waals surface area contributed by atoms with E-state index < -0.39 is 0 Å². The van der Waals surface area contributed by atoms with Crippen molar-refractivity contribution in [1.82, 2.24) is 19.9 Å². The van der Waals surface area contributed by atoms with Crippen molar-refractivity contribution in [3.63, 3.8) is 0 Å². The van der Waals surface area contributed by atoms with Crippen LogP contribution in [0.15, 0.2) is 54.2 Å². The van der Waals surface area contributed by atoms with Crippen LogP contribution in [0.2, 0.25) is 0 Å². The van der Waals surface area contributed by atoms with Crippen molar-refractivity contribution in [3.8, 4) is 10.7 Å². The first kappa shape index (κ1) is 17.6. The number of nitrogens with zero attached hydrogens (tertiary/aromatic N) is 5. The van der Waals surface area contributed by atoms with Crippen LogP contribution >= 0.6 is 11.3 Å². The summed E-state index contributed by atoms with van der Waals surface area (Å²) < 4.78 is 0. The molecule has 4 rings (SSSR count). The fraction of sp³-hybridized carbons (Fsp3) is 0.300. The number of pyridine rings is 2. The molecule has 1 fully saturated rings. The molecule has 7 heteroatoms. The molecule has 0 atom stereocenters. The second-order valence-corrected chi connectivity index (χ2v) is 7.27. The summed E-state index contributed by atoms with van der Waals surface area (Å²) in [6, 6.07) is 11.7. The Balaban J connectivity index is 1.27. The van der Waals surface area contributed by atoms with Crippen LogP contribution in [0.1, 0.15) is 12.1 Å². The van der Waals surface area contributed by atoms with E-state index in [-0.39, 0.29) is 5.91 Å². The van der Waals surface area contributed by atoms with Gasteiger partial charge in [-0.25, -0.2) is 9.97 Å². The van der Waals surface area contributed by atoms with Crippen LogP contribution in [0.25, 0.3) is 10.7 Å². The predicted molar refractivity (Wildman–Crippen MR) is 107 cm³/mol. The zero-order valence-electron chi connectivity index (χ0n) is 15.0. The molecule has 0 spiro atoms. The number of hydrogen-bond acceptors (Lipinski definition) is 6. The van der Waals surface area contributed by atoms with Crippen LogP contribution in [0.4, 0.5) is 5.82 Å². The number of carbonyl (C=O) groups is 1. The SMILES string of the molecule is O=C(CCc1csc(-c2ccccn2)n1)N1CCN(c2ccccn2)CC1. The first-order chi connectivity index (χ1) is 13.3. The second kappa shape index (κ2) is 8.26. The molecular formula is C20H21N5OS. The maximum absolute atomic E-state index is 12.5. The summed E-state index contributed by atoms with van der Waals surface area (Å²) in [4.78, 5) is 30.1. The smallest absolute Gasteiger partial charge is 0.223 e. The Kier molecular flexibility index (Phi) is 5.39. The van der Waals surface area contributed by atoms with E-state index in [0.717, 1.165) is 48.4 Å². The van der Waals surface area contributed by atoms with Gasteiger partial charge in [0.15, 0.2) is 0 Å². The first-order valence-corrected chi connectivity index (χ1v) is 9.97. The minimum Gasteiger partial charge on any atom is -0.353 e. The van der Waals surface area contributed by atoms with Crippen LogP contribution in [0.3, 0.4) is 0 Å². The molecule has 27 heavy (non-hydrogen) atoms. The Morgan fingerprint density at radius 2 is 1.78 bits per heavy atom. The molecule has 1 aliphatic rings. The highest BCUT2D eigenvalue weighted by Crippen LogP contribution is 2.22. The van der Waals surface area contributed by atoms with Crippen molar-refractivity contribution in [2.24, 2.45) is 0 Å². The Bertz CT molecular complexity index is 876. The van der Waals surface area contributed by atoms with E-state index in [2.05, 4.69) is 19.9 Å². The van der Waals surface area contributed by atoms with Gasteiger partial charge in [0.2, 0.25) is 5.91 Å². The van der Waals surface area contributed by atoms with Crippen molar-refractivity contribution in [2.45, 2.75) is 12.8 Å². The molecule has 0 bridgehead atoms. The average molecular weight is 379 g/mol. The van der Waals surface area contributed by atoms with E-state index in [0.29, 0.717) is 12.8 Å². The molecule has 3 aromatic rings. The Labute approximate surface area is 162 Å². The zero-order chi connectivity index (χ0) is 18.5. The van der Waals surface area contributed by atoms with Gasteiger partial charge in [-0.15, -0.1) is 11.3 Å². The van der Waals surface area contributed by atoms with Crippen LogP contribution in [0, 0.1) is 0 Å². The van der Waals surface area contributed by atoms with Gasteiger partial charge in [0.05, 0.1) is 11.4 Å². The van der Waals surface area contributed by atoms with Crippen LogP contribution in [0.5, 0.6) is 0 Å². The Hall–Kier alpha value is -2.80. The minimum atomic E-state index is 0.197. The number of rotatable bonds is 5. The molecule has 6 nitrogen and oxygen atoms in total. The quantitative estimate of drug-likeness (QED) is 0.682. The molecule has 1 amide bonds. The average Bonchev–Trinajstić information content (AvgIpc) is 3.22. The number of aromatic nitrogens is 3. The lowest BCUT2D eigenvalue weighted by Gasteiger charge is -2.35. The van der Waals surface area contributed by atoms with Gasteiger partial charge in [-0.3, -0.25) is 9.78 Å². The number of piperazine rings is 1. The van der Waals surface area contributed by atoms with Crippen LogP contribution < -0.4 is 4.90 Å². The lowest BCUT2D eigenvalue weighted by Crippen LogP contribution is -2.49. The van der Waals surface area contributed by atoms with E-state index >= 15 is 0 Å². The van der Waals surface area contributed by atoms with Gasteiger partial charge >= 0.3 is 0 Å². The summed E-state index contributed by atoms with van der Waals surface area (Å²) in [5.41, 5.74) is 1.84. The molecule has 0 unspecified atom stereocenters. The van der Waals surface area contributed by atoms with Gasteiger partial charge in [0.25, 0.3) is 0 Å². The fourth-order valence-electron chi connectivity index (χ4n) is 3.15. The molecule has 3 aromatic heterocycles. The summed E-state index contributed by atoms with van der Waals surface area (Å²) in [5, 5.41) is 2.93. The topological polar surface area (TPSA) is 62.2 Å². The third kappa shape index (κ3) is 4.31. The molecule has 0 aromatic carbocycles. The van der Waals surface area contributed by atoms with Crippen molar-refractivity contribution >= 4 is 23.1 Å². The third-order valence-electron chi connectivity index (χ3n) is 4.64. The molecule has 1 aliphatic heterocycles. The van der Waals surface area contributed by atoms with Crippen molar-refractivity contribution < 1.29 is 4.79 Å². The van der Waals surface area contributed by atoms with E-state index in [1.165, 1.54) is 0 Å². The summed E-state index contributed by atoms with van der Waals surface area (Å²) in [7, 11) is 0. The van der Waals surface area contributed by atoms with Gasteiger partial charge in [-0.2, -0.15) is 0 Å². The molecule has 0 radical (unpaired) electrons. The van der Waals surface area contributed by atoms with E-state index in [9.17, 15) is 4.79 Å². The Morgan fingerprint density at radius 3 is 2.48 bits per heavy atom. The minimum absolute atomic E-state index is 0.197.